The van der Waals surface area contributed by atoms with Crippen LogP contribution in [0.2, 0.25) is 0 Å². The zero-order valence-corrected chi connectivity index (χ0v) is 15.1. The number of hydrogen-bond acceptors (Lipinski definition) is 6. The Morgan fingerprint density at radius 2 is 1.59 bits per heavy atom. The first-order chi connectivity index (χ1) is 13.2. The average Bonchev–Trinajstić information content (AvgIpc) is 2.70. The van der Waals surface area contributed by atoms with Crippen LogP contribution in [0.1, 0.15) is 5.56 Å². The number of rotatable bonds is 7. The van der Waals surface area contributed by atoms with Crippen LogP contribution in [0.3, 0.4) is 0 Å². The molecule has 7 nitrogen and oxygen atoms in total. The molecular formula is C20H20N4O3. The minimum Gasteiger partial charge on any atom is -0.493 e. The van der Waals surface area contributed by atoms with E-state index in [1.54, 1.807) is 38.5 Å². The van der Waals surface area contributed by atoms with Gasteiger partial charge in [0.05, 0.1) is 20.6 Å². The molecule has 3 rings (SSSR count). The molecule has 1 aromatic heterocycles. The number of para-hydroxylation sites is 1. The minimum atomic E-state index is -0.194. The number of carbonyl (C=O) groups is 1. The Morgan fingerprint density at radius 1 is 0.889 bits per heavy atom. The van der Waals surface area contributed by atoms with Crippen LogP contribution >= 0.6 is 0 Å². The Hall–Kier alpha value is -3.61. The molecule has 0 fully saturated rings. The van der Waals surface area contributed by atoms with Crippen LogP contribution in [0.5, 0.6) is 11.5 Å². The monoisotopic (exact) mass is 364 g/mol. The molecule has 7 heteroatoms. The highest BCUT2D eigenvalue weighted by molar-refractivity contribution is 5.91. The van der Waals surface area contributed by atoms with Crippen molar-refractivity contribution in [1.82, 2.24) is 10.2 Å². The van der Waals surface area contributed by atoms with Gasteiger partial charge in [0.15, 0.2) is 23.1 Å². The van der Waals surface area contributed by atoms with Gasteiger partial charge in [-0.1, -0.05) is 24.3 Å². The molecule has 0 saturated heterocycles. The Morgan fingerprint density at radius 3 is 2.26 bits per heavy atom. The van der Waals surface area contributed by atoms with Gasteiger partial charge in [0.2, 0.25) is 5.91 Å². The quantitative estimate of drug-likeness (QED) is 0.668. The maximum Gasteiger partial charge on any atom is 0.229 e. The summed E-state index contributed by atoms with van der Waals surface area (Å²) in [6.45, 7) is 0. The number of anilines is 3. The molecule has 2 N–H and O–H groups in total. The van der Waals surface area contributed by atoms with Gasteiger partial charge >= 0.3 is 0 Å². The van der Waals surface area contributed by atoms with E-state index >= 15 is 0 Å². The minimum absolute atomic E-state index is 0.187. The summed E-state index contributed by atoms with van der Waals surface area (Å²) in [5.74, 6) is 1.99. The van der Waals surface area contributed by atoms with Crippen molar-refractivity contribution >= 4 is 23.2 Å². The third-order valence-electron chi connectivity index (χ3n) is 3.79. The van der Waals surface area contributed by atoms with E-state index in [9.17, 15) is 4.79 Å². The van der Waals surface area contributed by atoms with Crippen molar-refractivity contribution in [2.75, 3.05) is 24.9 Å². The molecule has 1 amide bonds. The Bertz CT molecular complexity index is 899. The summed E-state index contributed by atoms with van der Waals surface area (Å²) in [4.78, 5) is 12.2. The Labute approximate surface area is 157 Å². The largest absolute Gasteiger partial charge is 0.493 e. The first-order valence-corrected chi connectivity index (χ1v) is 8.34. The molecule has 0 saturated carbocycles. The summed E-state index contributed by atoms with van der Waals surface area (Å²) in [5, 5.41) is 14.0. The molecule has 1 heterocycles. The normalized spacial score (nSPS) is 10.1. The van der Waals surface area contributed by atoms with Gasteiger partial charge in [-0.25, -0.2) is 0 Å². The smallest absolute Gasteiger partial charge is 0.229 e. The van der Waals surface area contributed by atoms with Crippen LogP contribution in [0, 0.1) is 0 Å². The van der Waals surface area contributed by atoms with Gasteiger partial charge in [-0.2, -0.15) is 0 Å². The predicted octanol–water partition coefficient (Wildman–Crippen LogP) is 3.42. The van der Waals surface area contributed by atoms with Crippen LogP contribution in [0.4, 0.5) is 17.3 Å². The van der Waals surface area contributed by atoms with Crippen molar-refractivity contribution in [2.24, 2.45) is 0 Å². The van der Waals surface area contributed by atoms with E-state index in [-0.39, 0.29) is 12.3 Å². The van der Waals surface area contributed by atoms with Crippen molar-refractivity contribution in [1.29, 1.82) is 0 Å². The van der Waals surface area contributed by atoms with Gasteiger partial charge in [0.1, 0.15) is 0 Å². The van der Waals surface area contributed by atoms with Crippen LogP contribution in [0.15, 0.2) is 60.7 Å². The summed E-state index contributed by atoms with van der Waals surface area (Å²) < 4.78 is 10.4. The van der Waals surface area contributed by atoms with E-state index in [0.29, 0.717) is 23.1 Å². The standard InChI is InChI=1S/C20H20N4O3/c1-26-16-9-8-14(12-17(16)27-2)13-20(25)22-19-11-10-18(23-24-19)21-15-6-4-3-5-7-15/h3-12H,13H2,1-2H3,(H,21,23)(H,22,24,25). The Balaban J connectivity index is 1.59. The molecule has 0 radical (unpaired) electrons. The molecule has 0 aliphatic heterocycles. The number of ether oxygens (including phenoxy) is 2. The molecule has 3 aromatic rings. The van der Waals surface area contributed by atoms with E-state index in [0.717, 1.165) is 11.3 Å². The summed E-state index contributed by atoms with van der Waals surface area (Å²) in [6, 6.07) is 18.5. The first-order valence-electron chi connectivity index (χ1n) is 8.34. The SMILES string of the molecule is COc1ccc(CC(=O)Nc2ccc(Nc3ccccc3)nn2)cc1OC. The lowest BCUT2D eigenvalue weighted by Gasteiger charge is -2.10. The van der Waals surface area contributed by atoms with Crippen molar-refractivity contribution in [3.05, 3.63) is 66.2 Å². The zero-order valence-electron chi connectivity index (χ0n) is 15.1. The highest BCUT2D eigenvalue weighted by Crippen LogP contribution is 2.27. The maximum absolute atomic E-state index is 12.2. The Kier molecular flexibility index (Phi) is 5.84. The molecule has 0 spiro atoms. The van der Waals surface area contributed by atoms with Gasteiger partial charge in [0.25, 0.3) is 0 Å². The lowest BCUT2D eigenvalue weighted by molar-refractivity contribution is -0.115. The van der Waals surface area contributed by atoms with E-state index in [4.69, 9.17) is 9.47 Å². The molecule has 0 atom stereocenters. The molecule has 0 aliphatic carbocycles. The van der Waals surface area contributed by atoms with Gasteiger partial charge < -0.3 is 20.1 Å². The average molecular weight is 364 g/mol. The van der Waals surface area contributed by atoms with Crippen LogP contribution in [-0.2, 0) is 11.2 Å². The van der Waals surface area contributed by atoms with Crippen molar-refractivity contribution < 1.29 is 14.3 Å². The highest BCUT2D eigenvalue weighted by Gasteiger charge is 2.09. The fraction of sp³-hybridized carbons (Fsp3) is 0.150. The van der Waals surface area contributed by atoms with Crippen LogP contribution in [0.25, 0.3) is 0 Å². The van der Waals surface area contributed by atoms with Gasteiger partial charge in [-0.3, -0.25) is 4.79 Å². The molecular weight excluding hydrogens is 344 g/mol. The van der Waals surface area contributed by atoms with Gasteiger partial charge in [0, 0.05) is 5.69 Å². The molecule has 27 heavy (non-hydrogen) atoms. The summed E-state index contributed by atoms with van der Waals surface area (Å²) >= 11 is 0. The third kappa shape index (κ3) is 4.94. The molecule has 0 unspecified atom stereocenters. The number of hydrogen-bond donors (Lipinski definition) is 2. The fourth-order valence-electron chi connectivity index (χ4n) is 2.50. The second kappa shape index (κ2) is 8.66. The number of benzene rings is 2. The third-order valence-corrected chi connectivity index (χ3v) is 3.79. The van der Waals surface area contributed by atoms with E-state index in [2.05, 4.69) is 20.8 Å². The highest BCUT2D eigenvalue weighted by atomic mass is 16.5. The summed E-state index contributed by atoms with van der Waals surface area (Å²) in [5.41, 5.74) is 1.72. The fourth-order valence-corrected chi connectivity index (χ4v) is 2.50. The maximum atomic E-state index is 12.2. The van der Waals surface area contributed by atoms with Crippen molar-refractivity contribution in [2.45, 2.75) is 6.42 Å². The molecule has 2 aromatic carbocycles. The summed E-state index contributed by atoms with van der Waals surface area (Å²) in [7, 11) is 3.13. The second-order valence-corrected chi connectivity index (χ2v) is 5.71. The number of amides is 1. The van der Waals surface area contributed by atoms with Crippen LogP contribution in [-0.4, -0.2) is 30.3 Å². The van der Waals surface area contributed by atoms with E-state index < -0.39 is 0 Å². The van der Waals surface area contributed by atoms with Crippen molar-refractivity contribution in [3.8, 4) is 11.5 Å². The molecule has 0 bridgehead atoms. The predicted molar refractivity (Wildman–Crippen MR) is 104 cm³/mol. The first kappa shape index (κ1) is 18.2. The lowest BCUT2D eigenvalue weighted by Crippen LogP contribution is -2.15. The number of nitrogens with zero attached hydrogens (tertiary/aromatic N) is 2. The lowest BCUT2D eigenvalue weighted by atomic mass is 10.1. The molecule has 138 valence electrons. The zero-order chi connectivity index (χ0) is 19.1. The number of nitrogens with one attached hydrogen (secondary N) is 2. The topological polar surface area (TPSA) is 85.4 Å². The second-order valence-electron chi connectivity index (χ2n) is 5.71. The van der Waals surface area contributed by atoms with E-state index in [1.807, 2.05) is 36.4 Å². The molecule has 0 aliphatic rings. The van der Waals surface area contributed by atoms with Crippen molar-refractivity contribution in [3.63, 3.8) is 0 Å². The van der Waals surface area contributed by atoms with Gasteiger partial charge in [-0.15, -0.1) is 10.2 Å². The summed E-state index contributed by atoms with van der Waals surface area (Å²) in [6.07, 6.45) is 0.187. The number of methoxy groups -OCH3 is 2. The van der Waals surface area contributed by atoms with Crippen LogP contribution < -0.4 is 20.1 Å². The van der Waals surface area contributed by atoms with Gasteiger partial charge in [-0.05, 0) is 42.0 Å². The number of aromatic nitrogens is 2. The van der Waals surface area contributed by atoms with E-state index in [1.165, 1.54) is 0 Å². The number of carbonyl (C=O) groups excluding carboxylic acids is 1.